The molecule has 7 heteroatoms. The molecule has 0 aliphatic carbocycles. The first-order valence-electron chi connectivity index (χ1n) is 7.10. The maximum absolute atomic E-state index is 12.2. The van der Waals surface area contributed by atoms with Gasteiger partial charge < -0.3 is 20.1 Å². The molecule has 118 valence electrons. The highest BCUT2D eigenvalue weighted by Gasteiger charge is 2.27. The predicted molar refractivity (Wildman–Crippen MR) is 84.0 cm³/mol. The van der Waals surface area contributed by atoms with Gasteiger partial charge in [-0.2, -0.15) is 0 Å². The van der Waals surface area contributed by atoms with Crippen LogP contribution in [0.25, 0.3) is 0 Å². The summed E-state index contributed by atoms with van der Waals surface area (Å²) >= 11 is 7.41. The van der Waals surface area contributed by atoms with Crippen LogP contribution < -0.4 is 5.32 Å². The van der Waals surface area contributed by atoms with Gasteiger partial charge in [0, 0.05) is 18.0 Å². The van der Waals surface area contributed by atoms with Crippen molar-refractivity contribution in [3.8, 4) is 0 Å². The van der Waals surface area contributed by atoms with E-state index in [1.165, 1.54) is 11.3 Å². The number of aliphatic hydroxyl groups is 1. The Bertz CT molecular complexity index is 467. The second-order valence-electron chi connectivity index (χ2n) is 5.19. The third-order valence-electron chi connectivity index (χ3n) is 3.38. The van der Waals surface area contributed by atoms with Crippen LogP contribution in [-0.4, -0.2) is 54.5 Å². The van der Waals surface area contributed by atoms with E-state index in [1.54, 1.807) is 11.8 Å². The van der Waals surface area contributed by atoms with Crippen molar-refractivity contribution in [1.29, 1.82) is 0 Å². The fourth-order valence-electron chi connectivity index (χ4n) is 2.39. The molecule has 2 atom stereocenters. The molecule has 0 saturated carbocycles. The number of carbonyl (C=O) groups is 1. The predicted octanol–water partition coefficient (Wildman–Crippen LogP) is 2.13. The van der Waals surface area contributed by atoms with Gasteiger partial charge in [-0.3, -0.25) is 0 Å². The van der Waals surface area contributed by atoms with Crippen LogP contribution in [0.2, 0.25) is 4.34 Å². The number of ether oxygens (including phenoxy) is 1. The highest BCUT2D eigenvalue weighted by atomic mass is 35.5. The number of aliphatic hydroxyl groups excluding tert-OH is 1. The van der Waals surface area contributed by atoms with Crippen molar-refractivity contribution < 1.29 is 14.6 Å². The normalized spacial score (nSPS) is 20.3. The Balaban J connectivity index is 1.80. The molecule has 2 amide bonds. The van der Waals surface area contributed by atoms with Crippen molar-refractivity contribution in [2.45, 2.75) is 31.9 Å². The zero-order valence-corrected chi connectivity index (χ0v) is 13.6. The molecular formula is C14H21ClN2O3S. The summed E-state index contributed by atoms with van der Waals surface area (Å²) in [4.78, 5) is 15.2. The maximum atomic E-state index is 12.2. The molecule has 1 fully saturated rings. The van der Waals surface area contributed by atoms with Gasteiger partial charge in [-0.15, -0.1) is 11.3 Å². The molecule has 2 heterocycles. The highest BCUT2D eigenvalue weighted by molar-refractivity contribution is 7.16. The van der Waals surface area contributed by atoms with Crippen LogP contribution in [0.5, 0.6) is 0 Å². The van der Waals surface area contributed by atoms with Gasteiger partial charge in [0.1, 0.15) is 0 Å². The van der Waals surface area contributed by atoms with Crippen molar-refractivity contribution in [3.05, 3.63) is 21.3 Å². The number of nitrogens with one attached hydrogen (secondary N) is 1. The summed E-state index contributed by atoms with van der Waals surface area (Å²) in [5.41, 5.74) is 0. The average molecular weight is 333 g/mol. The van der Waals surface area contributed by atoms with Crippen molar-refractivity contribution in [2.75, 3.05) is 26.3 Å². The molecule has 21 heavy (non-hydrogen) atoms. The number of nitrogens with zero attached hydrogens (tertiary/aromatic N) is 1. The number of amides is 2. The zero-order chi connectivity index (χ0) is 15.2. The lowest BCUT2D eigenvalue weighted by Gasteiger charge is -2.36. The zero-order valence-electron chi connectivity index (χ0n) is 12.0. The molecule has 0 unspecified atom stereocenters. The second-order valence-corrected chi connectivity index (χ2v) is 6.99. The van der Waals surface area contributed by atoms with E-state index >= 15 is 0 Å². The Hall–Kier alpha value is -0.820. The lowest BCUT2D eigenvalue weighted by molar-refractivity contribution is -0.00425. The standard InChI is InChI=1S/C14H21ClN2O3S/c1-10(18)8-11-9-20-7-6-17(11)14(19)16-5-4-12-2-3-13(15)21-12/h2-3,10-11,18H,4-9H2,1H3,(H,16,19)/t10-,11+/m0/s1. The van der Waals surface area contributed by atoms with Gasteiger partial charge >= 0.3 is 6.03 Å². The van der Waals surface area contributed by atoms with Gasteiger partial charge in [-0.25, -0.2) is 4.79 Å². The van der Waals surface area contributed by atoms with Gasteiger partial charge in [0.25, 0.3) is 0 Å². The van der Waals surface area contributed by atoms with Crippen LogP contribution in [0.4, 0.5) is 4.79 Å². The molecule has 1 saturated heterocycles. The number of carbonyl (C=O) groups excluding carboxylic acids is 1. The molecular weight excluding hydrogens is 312 g/mol. The summed E-state index contributed by atoms with van der Waals surface area (Å²) in [7, 11) is 0. The minimum atomic E-state index is -0.444. The Labute approximate surface area is 133 Å². The van der Waals surface area contributed by atoms with E-state index in [0.717, 1.165) is 15.6 Å². The lowest BCUT2D eigenvalue weighted by atomic mass is 10.1. The molecule has 0 aromatic carbocycles. The van der Waals surface area contributed by atoms with Crippen molar-refractivity contribution >= 4 is 29.0 Å². The van der Waals surface area contributed by atoms with Crippen LogP contribution in [0.3, 0.4) is 0 Å². The summed E-state index contributed by atoms with van der Waals surface area (Å²) in [6, 6.07) is 3.69. The summed E-state index contributed by atoms with van der Waals surface area (Å²) in [6.45, 7) is 3.90. The van der Waals surface area contributed by atoms with Gasteiger partial charge in [0.2, 0.25) is 0 Å². The number of halogens is 1. The Morgan fingerprint density at radius 1 is 1.67 bits per heavy atom. The van der Waals surface area contributed by atoms with E-state index in [0.29, 0.717) is 32.7 Å². The monoisotopic (exact) mass is 332 g/mol. The van der Waals surface area contributed by atoms with Crippen LogP contribution in [0.1, 0.15) is 18.2 Å². The smallest absolute Gasteiger partial charge is 0.317 e. The number of urea groups is 1. The molecule has 1 aromatic rings. The summed E-state index contributed by atoms with van der Waals surface area (Å²) in [5, 5.41) is 12.4. The van der Waals surface area contributed by atoms with Crippen molar-refractivity contribution in [1.82, 2.24) is 10.2 Å². The Morgan fingerprint density at radius 3 is 3.14 bits per heavy atom. The largest absolute Gasteiger partial charge is 0.393 e. The van der Waals surface area contributed by atoms with Gasteiger partial charge in [-0.1, -0.05) is 11.6 Å². The third kappa shape index (κ3) is 5.14. The number of hydrogen-bond acceptors (Lipinski definition) is 4. The topological polar surface area (TPSA) is 61.8 Å². The Morgan fingerprint density at radius 2 is 2.48 bits per heavy atom. The number of rotatable bonds is 5. The maximum Gasteiger partial charge on any atom is 0.317 e. The first kappa shape index (κ1) is 16.5. The molecule has 1 aliphatic heterocycles. The van der Waals surface area contributed by atoms with Crippen LogP contribution in [0, 0.1) is 0 Å². The van der Waals surface area contributed by atoms with E-state index in [-0.39, 0.29) is 12.1 Å². The van der Waals surface area contributed by atoms with E-state index in [4.69, 9.17) is 16.3 Å². The minimum absolute atomic E-state index is 0.0602. The quantitative estimate of drug-likeness (QED) is 0.868. The highest BCUT2D eigenvalue weighted by Crippen LogP contribution is 2.21. The minimum Gasteiger partial charge on any atom is -0.393 e. The van der Waals surface area contributed by atoms with Crippen molar-refractivity contribution in [3.63, 3.8) is 0 Å². The summed E-state index contributed by atoms with van der Waals surface area (Å²) in [5.74, 6) is 0. The molecule has 5 nitrogen and oxygen atoms in total. The van der Waals surface area contributed by atoms with E-state index in [1.807, 2.05) is 12.1 Å². The molecule has 2 rings (SSSR count). The summed E-state index contributed by atoms with van der Waals surface area (Å²) in [6.07, 6.45) is 0.864. The van der Waals surface area contributed by atoms with E-state index in [2.05, 4.69) is 5.32 Å². The van der Waals surface area contributed by atoms with Crippen LogP contribution >= 0.6 is 22.9 Å². The molecule has 1 aromatic heterocycles. The van der Waals surface area contributed by atoms with E-state index in [9.17, 15) is 9.90 Å². The number of morpholine rings is 1. The molecule has 1 aliphatic rings. The Kier molecular flexibility index (Phi) is 6.29. The number of thiophene rings is 1. The van der Waals surface area contributed by atoms with Gasteiger partial charge in [0.05, 0.1) is 29.7 Å². The van der Waals surface area contributed by atoms with Crippen LogP contribution in [-0.2, 0) is 11.2 Å². The summed E-state index contributed by atoms with van der Waals surface area (Å²) < 4.78 is 6.16. The molecule has 2 N–H and O–H groups in total. The lowest BCUT2D eigenvalue weighted by Crippen LogP contribution is -2.53. The molecule has 0 spiro atoms. The third-order valence-corrected chi connectivity index (χ3v) is 4.67. The fourth-order valence-corrected chi connectivity index (χ4v) is 3.48. The molecule has 0 bridgehead atoms. The fraction of sp³-hybridized carbons (Fsp3) is 0.643. The number of hydrogen-bond donors (Lipinski definition) is 2. The second kappa shape index (κ2) is 7.98. The van der Waals surface area contributed by atoms with Crippen LogP contribution in [0.15, 0.2) is 12.1 Å². The average Bonchev–Trinajstić information content (AvgIpc) is 2.84. The van der Waals surface area contributed by atoms with Gasteiger partial charge in [0.15, 0.2) is 0 Å². The van der Waals surface area contributed by atoms with Crippen molar-refractivity contribution in [2.24, 2.45) is 0 Å². The van der Waals surface area contributed by atoms with Gasteiger partial charge in [-0.05, 0) is 31.9 Å². The molecule has 0 radical (unpaired) electrons. The van der Waals surface area contributed by atoms with E-state index < -0.39 is 6.10 Å². The SMILES string of the molecule is C[C@H](O)C[C@@H]1COCCN1C(=O)NCCc1ccc(Cl)s1. The first-order valence-corrected chi connectivity index (χ1v) is 8.30. The first-order chi connectivity index (χ1) is 10.1.